The number of methoxy groups -OCH3 is 1. The van der Waals surface area contributed by atoms with Crippen molar-refractivity contribution in [3.05, 3.63) is 89.5 Å². The molecule has 9 heteroatoms. The van der Waals surface area contributed by atoms with Crippen LogP contribution in [0, 0.1) is 11.6 Å². The van der Waals surface area contributed by atoms with Crippen LogP contribution in [-0.4, -0.2) is 32.4 Å². The van der Waals surface area contributed by atoms with Crippen LogP contribution in [-0.2, 0) is 16.7 Å². The van der Waals surface area contributed by atoms with Crippen LogP contribution in [0.4, 0.5) is 8.78 Å². The van der Waals surface area contributed by atoms with Gasteiger partial charge in [0.1, 0.15) is 16.5 Å². The Hall–Kier alpha value is -3.46. The van der Waals surface area contributed by atoms with E-state index >= 15 is 0 Å². The van der Waals surface area contributed by atoms with Crippen LogP contribution in [0.2, 0.25) is 0 Å². The van der Waals surface area contributed by atoms with Crippen molar-refractivity contribution in [3.63, 3.8) is 0 Å². The van der Waals surface area contributed by atoms with Gasteiger partial charge in [-0.3, -0.25) is 4.79 Å². The summed E-state index contributed by atoms with van der Waals surface area (Å²) < 4.78 is 63.6. The van der Waals surface area contributed by atoms with E-state index in [1.165, 1.54) is 48.4 Å². The van der Waals surface area contributed by atoms with Crippen molar-refractivity contribution in [2.24, 2.45) is 0 Å². The lowest BCUT2D eigenvalue weighted by molar-refractivity contribution is 0.0670. The van der Waals surface area contributed by atoms with Crippen molar-refractivity contribution in [3.8, 4) is 11.5 Å². The van der Waals surface area contributed by atoms with E-state index < -0.39 is 27.7 Å². The Balaban J connectivity index is 1.92. The molecule has 3 aromatic carbocycles. The molecule has 0 saturated heterocycles. The molecular formula is C25H25F2NO5S. The zero-order chi connectivity index (χ0) is 24.9. The molecule has 0 bridgehead atoms. The maximum Gasteiger partial charge on any atom is 0.339 e. The molecule has 0 unspecified atom stereocenters. The van der Waals surface area contributed by atoms with Gasteiger partial charge in [0.25, 0.3) is 5.91 Å². The minimum absolute atomic E-state index is 0.000860. The first-order chi connectivity index (χ1) is 16.2. The lowest BCUT2D eigenvalue weighted by atomic mass is 10.1. The molecule has 1 amide bonds. The summed E-state index contributed by atoms with van der Waals surface area (Å²) in [5, 5.41) is 0. The van der Waals surface area contributed by atoms with Crippen molar-refractivity contribution < 1.29 is 30.9 Å². The number of carbonyl (C=O) groups excluding carboxylic acids is 1. The molecule has 3 rings (SSSR count). The fraction of sp³-hybridized carbons (Fsp3) is 0.240. The van der Waals surface area contributed by atoms with Gasteiger partial charge in [0, 0.05) is 23.7 Å². The number of para-hydroxylation sites is 1. The number of ether oxygens (including phenoxy) is 1. The van der Waals surface area contributed by atoms with Crippen LogP contribution in [0.5, 0.6) is 11.5 Å². The van der Waals surface area contributed by atoms with E-state index in [4.69, 9.17) is 8.92 Å². The first-order valence-corrected chi connectivity index (χ1v) is 12.0. The molecule has 0 fully saturated rings. The average Bonchev–Trinajstić information content (AvgIpc) is 2.82. The third kappa shape index (κ3) is 5.72. The SMILES string of the molecule is CC[C@@H](C)N(Cc1ccccc1OS(=O)(=O)c1ccc(OC)c(F)c1)C(=O)c1cccc(F)c1. The monoisotopic (exact) mass is 489 g/mol. The molecule has 0 heterocycles. The highest BCUT2D eigenvalue weighted by Gasteiger charge is 2.25. The smallest absolute Gasteiger partial charge is 0.339 e. The van der Waals surface area contributed by atoms with Crippen LogP contribution in [0.3, 0.4) is 0 Å². The third-order valence-electron chi connectivity index (χ3n) is 5.38. The van der Waals surface area contributed by atoms with Gasteiger partial charge >= 0.3 is 10.1 Å². The molecule has 0 spiro atoms. The number of benzene rings is 3. The maximum atomic E-state index is 14.1. The second-order valence-electron chi connectivity index (χ2n) is 7.64. The summed E-state index contributed by atoms with van der Waals surface area (Å²) in [5.74, 6) is -1.87. The maximum absolute atomic E-state index is 14.1. The number of nitrogens with zero attached hydrogens (tertiary/aromatic N) is 1. The summed E-state index contributed by atoms with van der Waals surface area (Å²) in [6.07, 6.45) is 0.619. The summed E-state index contributed by atoms with van der Waals surface area (Å²) in [7, 11) is -3.10. The molecule has 0 saturated carbocycles. The number of amides is 1. The first kappa shape index (κ1) is 25.2. The van der Waals surface area contributed by atoms with E-state index in [1.807, 2.05) is 13.8 Å². The molecule has 0 aliphatic heterocycles. The van der Waals surface area contributed by atoms with E-state index in [0.717, 1.165) is 12.1 Å². The summed E-state index contributed by atoms with van der Waals surface area (Å²) >= 11 is 0. The molecule has 1 atom stereocenters. The Morgan fingerprint density at radius 1 is 1.00 bits per heavy atom. The summed E-state index contributed by atoms with van der Waals surface area (Å²) in [6.45, 7) is 3.77. The highest BCUT2D eigenvalue weighted by Crippen LogP contribution is 2.28. The van der Waals surface area contributed by atoms with E-state index in [0.29, 0.717) is 12.0 Å². The third-order valence-corrected chi connectivity index (χ3v) is 6.61. The minimum atomic E-state index is -4.37. The highest BCUT2D eigenvalue weighted by molar-refractivity contribution is 7.87. The molecule has 0 N–H and O–H groups in total. The van der Waals surface area contributed by atoms with Gasteiger partial charge in [0.15, 0.2) is 11.6 Å². The fourth-order valence-corrected chi connectivity index (χ4v) is 4.28. The van der Waals surface area contributed by atoms with Gasteiger partial charge < -0.3 is 13.8 Å². The molecule has 0 aliphatic carbocycles. The Bertz CT molecular complexity index is 1280. The number of halogens is 2. The largest absolute Gasteiger partial charge is 0.494 e. The van der Waals surface area contributed by atoms with Gasteiger partial charge in [0.05, 0.1) is 7.11 Å². The van der Waals surface area contributed by atoms with Gasteiger partial charge in [-0.05, 0) is 55.8 Å². The van der Waals surface area contributed by atoms with Crippen molar-refractivity contribution >= 4 is 16.0 Å². The summed E-state index contributed by atoms with van der Waals surface area (Å²) in [4.78, 5) is 14.3. The number of rotatable bonds is 9. The average molecular weight is 490 g/mol. The van der Waals surface area contributed by atoms with Gasteiger partial charge in [-0.2, -0.15) is 8.42 Å². The Labute approximate surface area is 197 Å². The van der Waals surface area contributed by atoms with Crippen LogP contribution in [0.25, 0.3) is 0 Å². The van der Waals surface area contributed by atoms with E-state index in [2.05, 4.69) is 0 Å². The Kier molecular flexibility index (Phi) is 7.88. The van der Waals surface area contributed by atoms with Crippen LogP contribution < -0.4 is 8.92 Å². The normalized spacial score (nSPS) is 12.1. The Morgan fingerprint density at radius 2 is 1.74 bits per heavy atom. The predicted octanol–water partition coefficient (Wildman–Crippen LogP) is 5.18. The molecule has 0 aliphatic rings. The predicted molar refractivity (Wildman–Crippen MR) is 123 cm³/mol. The standard InChI is InChI=1S/C25H25F2NO5S/c1-4-17(2)28(25(29)18-9-7-10-20(26)14-18)16-19-8-5-6-11-23(19)33-34(30,31)21-12-13-24(32-3)22(27)15-21/h5-15,17H,4,16H2,1-3H3/t17-/m1/s1. The zero-order valence-electron chi connectivity index (χ0n) is 19.0. The van der Waals surface area contributed by atoms with E-state index in [-0.39, 0.29) is 34.5 Å². The minimum Gasteiger partial charge on any atom is -0.494 e. The summed E-state index contributed by atoms with van der Waals surface area (Å²) in [6, 6.07) is 14.7. The number of hydrogen-bond acceptors (Lipinski definition) is 5. The Morgan fingerprint density at radius 3 is 2.38 bits per heavy atom. The van der Waals surface area contributed by atoms with Gasteiger partial charge in [0.2, 0.25) is 0 Å². The molecular weight excluding hydrogens is 464 g/mol. The first-order valence-electron chi connectivity index (χ1n) is 10.6. The lowest BCUT2D eigenvalue weighted by Crippen LogP contribution is -2.38. The van der Waals surface area contributed by atoms with Crippen molar-refractivity contribution in [1.82, 2.24) is 4.90 Å². The van der Waals surface area contributed by atoms with Crippen molar-refractivity contribution in [2.45, 2.75) is 37.8 Å². The van der Waals surface area contributed by atoms with E-state index in [9.17, 15) is 22.0 Å². The highest BCUT2D eigenvalue weighted by atomic mass is 32.2. The topological polar surface area (TPSA) is 72.9 Å². The molecule has 34 heavy (non-hydrogen) atoms. The van der Waals surface area contributed by atoms with E-state index in [1.54, 1.807) is 18.2 Å². The zero-order valence-corrected chi connectivity index (χ0v) is 19.8. The fourth-order valence-electron chi connectivity index (χ4n) is 3.30. The molecule has 180 valence electrons. The van der Waals surface area contributed by atoms with Crippen molar-refractivity contribution in [1.29, 1.82) is 0 Å². The van der Waals surface area contributed by atoms with Gasteiger partial charge in [-0.1, -0.05) is 31.2 Å². The second kappa shape index (κ2) is 10.6. The summed E-state index contributed by atoms with van der Waals surface area (Å²) in [5.41, 5.74) is 0.602. The second-order valence-corrected chi connectivity index (χ2v) is 9.19. The van der Waals surface area contributed by atoms with Crippen LogP contribution in [0.15, 0.2) is 71.6 Å². The quantitative estimate of drug-likeness (QED) is 0.387. The molecule has 0 aromatic heterocycles. The van der Waals surface area contributed by atoms with Gasteiger partial charge in [-0.25, -0.2) is 8.78 Å². The lowest BCUT2D eigenvalue weighted by Gasteiger charge is -2.29. The molecule has 3 aromatic rings. The molecule has 6 nitrogen and oxygen atoms in total. The number of hydrogen-bond donors (Lipinski definition) is 0. The van der Waals surface area contributed by atoms with Gasteiger partial charge in [-0.15, -0.1) is 0 Å². The van der Waals surface area contributed by atoms with Crippen molar-refractivity contribution in [2.75, 3.05) is 7.11 Å². The number of carbonyl (C=O) groups is 1. The van der Waals surface area contributed by atoms with Crippen LogP contribution >= 0.6 is 0 Å². The van der Waals surface area contributed by atoms with Crippen LogP contribution in [0.1, 0.15) is 36.2 Å². The molecule has 0 radical (unpaired) electrons.